The smallest absolute Gasteiger partial charge is 0.246 e. The van der Waals surface area contributed by atoms with Gasteiger partial charge in [-0.2, -0.15) is 0 Å². The summed E-state index contributed by atoms with van der Waals surface area (Å²) >= 11 is 0. The number of aliphatic hydroxyl groups is 1. The van der Waals surface area contributed by atoms with E-state index in [0.29, 0.717) is 19.3 Å². The summed E-state index contributed by atoms with van der Waals surface area (Å²) in [5.41, 5.74) is 4.36. The molecule has 0 saturated carbocycles. The SMILES string of the molecule is C=CCOC(C)(C)C[C@@H](C(=O)N[C@H](C(=O)N(C)[C@@H](CC(C)C)C(=O)N[C@H](C)C(N)=O)C(C)C)N(C)C(=O)CN(C)C(=O)[C@H](CC)NC(=O)[C@H]([C@H](O)[C@H](C)CCCC)N(C)C(=O)[C@H](C(C)C)N(C)C(=O)[C@H](CC(C)C)N(C)C(=O)[C@H](CC(C)C)N(C)C(=O)CC. The van der Waals surface area contributed by atoms with E-state index in [1.807, 2.05) is 48.5 Å². The van der Waals surface area contributed by atoms with Crippen molar-refractivity contribution in [2.24, 2.45) is 41.2 Å². The quantitative estimate of drug-likeness (QED) is 0.0539. The lowest BCUT2D eigenvalue weighted by Gasteiger charge is -2.41. The number of ether oxygens (including phenoxy) is 1. The van der Waals surface area contributed by atoms with Crippen LogP contribution in [0, 0.1) is 35.5 Å². The molecule has 0 unspecified atom stereocenters. The van der Waals surface area contributed by atoms with Gasteiger partial charge in [-0.25, -0.2) is 0 Å². The minimum absolute atomic E-state index is 0.00332. The Hall–Kier alpha value is -6.17. The average Bonchev–Trinajstić information content (AvgIpc) is 1.01. The van der Waals surface area contributed by atoms with Crippen LogP contribution in [0.3, 0.4) is 0 Å². The van der Waals surface area contributed by atoms with Crippen LogP contribution in [-0.4, -0.2) is 233 Å². The second-order valence-electron chi connectivity index (χ2n) is 26.9. The van der Waals surface area contributed by atoms with E-state index >= 15 is 4.79 Å². The van der Waals surface area contributed by atoms with Crippen LogP contribution in [-0.2, 0) is 57.5 Å². The number of primary amides is 1. The Morgan fingerprint density at radius 2 is 1.01 bits per heavy atom. The number of nitrogens with zero attached hydrogens (tertiary/aromatic N) is 7. The molecule has 6 N–H and O–H groups in total. The maximum atomic E-state index is 15.1. The first-order valence-electron chi connectivity index (χ1n) is 32.0. The second kappa shape index (κ2) is 38.5. The molecule has 11 amide bonds. The number of likely N-dealkylation sites (N-methyl/N-ethyl adjacent to an activating group) is 7. The summed E-state index contributed by atoms with van der Waals surface area (Å²) in [5, 5.41) is 20.3. The lowest BCUT2D eigenvalue weighted by Crippen LogP contribution is -2.63. The predicted octanol–water partition coefficient (Wildman–Crippen LogP) is 4.20. The number of amides is 11. The zero-order valence-corrected chi connectivity index (χ0v) is 58.9. The van der Waals surface area contributed by atoms with Gasteiger partial charge >= 0.3 is 0 Å². The predicted molar refractivity (Wildman–Crippen MR) is 346 cm³/mol. The number of aliphatic hydroxyl groups excluding tert-OH is 1. The molecule has 0 rings (SSSR count). The maximum Gasteiger partial charge on any atom is 0.246 e. The van der Waals surface area contributed by atoms with Crippen LogP contribution in [0.1, 0.15) is 175 Å². The Morgan fingerprint density at radius 3 is 1.46 bits per heavy atom. The largest absolute Gasteiger partial charge is 0.390 e. The fourth-order valence-corrected chi connectivity index (χ4v) is 10.8. The van der Waals surface area contributed by atoms with E-state index in [4.69, 9.17) is 10.5 Å². The van der Waals surface area contributed by atoms with Gasteiger partial charge in [-0.05, 0) is 88.4 Å². The van der Waals surface area contributed by atoms with Crippen molar-refractivity contribution in [1.82, 2.24) is 50.2 Å². The highest BCUT2D eigenvalue weighted by Crippen LogP contribution is 2.27. The molecular formula is C65H119N11O13. The van der Waals surface area contributed by atoms with Crippen molar-refractivity contribution < 1.29 is 62.6 Å². The summed E-state index contributed by atoms with van der Waals surface area (Å²) in [5.74, 6) is -8.62. The van der Waals surface area contributed by atoms with Crippen molar-refractivity contribution in [2.75, 3.05) is 62.5 Å². The number of carbonyl (C=O) groups excluding carboxylic acids is 11. The van der Waals surface area contributed by atoms with Gasteiger partial charge in [0.15, 0.2) is 0 Å². The van der Waals surface area contributed by atoms with E-state index < -0.39 is 149 Å². The van der Waals surface area contributed by atoms with Crippen LogP contribution in [0.2, 0.25) is 0 Å². The fraction of sp³-hybridized carbons (Fsp3) is 0.800. The van der Waals surface area contributed by atoms with Gasteiger partial charge in [-0.1, -0.05) is 116 Å². The molecule has 512 valence electrons. The molecule has 0 radical (unpaired) electrons. The van der Waals surface area contributed by atoms with Crippen LogP contribution < -0.4 is 21.7 Å². The van der Waals surface area contributed by atoms with Crippen LogP contribution in [0.15, 0.2) is 12.7 Å². The standard InChI is InChI=1S/C65H119N11O13/c1-26-30-31-43(15)55(79)54(76(25)64(88)53(42(13)14)75(24)62(86)48(35-40(9)10)74(23)61(85)47(34-39(7)8)71(20)50(77)29-4)59(83)68-45(28-3)60(84)70(19)37-51(78)72(21)49(36-65(17,18)89-32-27-2)58(82)69-52(41(11)12)63(87)73(22)46(33-38(5)6)57(81)67-44(16)56(66)80/h27,38-49,52-55,79H,2,26,28-37H2,1,3-25H3,(H2,66,80)(H,67,81)(H,68,83)(H,69,82)/t43-,44-,45+,46+,47+,48+,49+,52+,53+,54+,55-/m1/s1. The molecule has 0 saturated heterocycles. The van der Waals surface area contributed by atoms with Crippen LogP contribution in [0.5, 0.6) is 0 Å². The number of hydrogen-bond donors (Lipinski definition) is 5. The van der Waals surface area contributed by atoms with Gasteiger partial charge in [0.05, 0.1) is 24.9 Å². The van der Waals surface area contributed by atoms with Crippen molar-refractivity contribution >= 4 is 65.0 Å². The van der Waals surface area contributed by atoms with Crippen LogP contribution in [0.25, 0.3) is 0 Å². The second-order valence-corrected chi connectivity index (χ2v) is 26.9. The molecule has 0 heterocycles. The highest BCUT2D eigenvalue weighted by atomic mass is 16.5. The molecule has 0 aliphatic heterocycles. The Labute approximate surface area is 533 Å². The van der Waals surface area contributed by atoms with Gasteiger partial charge < -0.3 is 65.8 Å². The first kappa shape index (κ1) is 82.8. The minimum Gasteiger partial charge on any atom is -0.390 e. The summed E-state index contributed by atoms with van der Waals surface area (Å²) in [6.07, 6.45) is 2.90. The zero-order chi connectivity index (χ0) is 69.4. The Kier molecular flexibility index (Phi) is 35.8. The molecule has 89 heavy (non-hydrogen) atoms. The Bertz CT molecular complexity index is 2360. The first-order valence-corrected chi connectivity index (χ1v) is 32.0. The summed E-state index contributed by atoms with van der Waals surface area (Å²) in [7, 11) is 10.1. The Balaban J connectivity index is 7.34. The average molecular weight is 1260 g/mol. The Morgan fingerprint density at radius 1 is 0.551 bits per heavy atom. The van der Waals surface area contributed by atoms with E-state index in [1.54, 1.807) is 69.4 Å². The van der Waals surface area contributed by atoms with Crippen molar-refractivity contribution in [3.8, 4) is 0 Å². The molecule has 24 nitrogen and oxygen atoms in total. The molecule has 11 atom stereocenters. The number of rotatable bonds is 40. The molecule has 0 aromatic heterocycles. The molecular weight excluding hydrogens is 1140 g/mol. The van der Waals surface area contributed by atoms with Gasteiger partial charge in [-0.3, -0.25) is 52.7 Å². The molecule has 0 aromatic carbocycles. The van der Waals surface area contributed by atoms with Crippen molar-refractivity contribution in [2.45, 2.75) is 242 Å². The highest BCUT2D eigenvalue weighted by Gasteiger charge is 2.45. The lowest BCUT2D eigenvalue weighted by molar-refractivity contribution is -0.157. The monoisotopic (exact) mass is 1260 g/mol. The topological polar surface area (TPSA) is 302 Å². The summed E-state index contributed by atoms with van der Waals surface area (Å²) < 4.78 is 6.02. The number of nitrogens with one attached hydrogen (secondary N) is 3. The van der Waals surface area contributed by atoms with Crippen molar-refractivity contribution in [1.29, 1.82) is 0 Å². The summed E-state index contributed by atoms with van der Waals surface area (Å²) in [4.78, 5) is 164. The molecule has 0 aromatic rings. The van der Waals surface area contributed by atoms with Crippen molar-refractivity contribution in [3.63, 3.8) is 0 Å². The minimum atomic E-state index is -1.59. The van der Waals surface area contributed by atoms with E-state index in [-0.39, 0.29) is 62.4 Å². The van der Waals surface area contributed by atoms with E-state index in [2.05, 4.69) is 22.5 Å². The molecule has 0 spiro atoms. The van der Waals surface area contributed by atoms with E-state index in [0.717, 1.165) is 21.1 Å². The van der Waals surface area contributed by atoms with Gasteiger partial charge in [0.25, 0.3) is 0 Å². The highest BCUT2D eigenvalue weighted by molar-refractivity contribution is 5.98. The lowest BCUT2D eigenvalue weighted by atomic mass is 9.90. The summed E-state index contributed by atoms with van der Waals surface area (Å²) in [6, 6.07) is -10.6. The van der Waals surface area contributed by atoms with Gasteiger partial charge in [-0.15, -0.1) is 6.58 Å². The fourth-order valence-electron chi connectivity index (χ4n) is 10.8. The van der Waals surface area contributed by atoms with E-state index in [1.165, 1.54) is 74.9 Å². The third kappa shape index (κ3) is 25.2. The molecule has 0 fully saturated rings. The number of nitrogens with two attached hydrogens (primary N) is 1. The van der Waals surface area contributed by atoms with Crippen molar-refractivity contribution in [3.05, 3.63) is 12.7 Å². The first-order chi connectivity index (χ1) is 41.0. The van der Waals surface area contributed by atoms with Crippen LogP contribution >= 0.6 is 0 Å². The molecule has 0 aliphatic carbocycles. The van der Waals surface area contributed by atoms with Gasteiger partial charge in [0.2, 0.25) is 65.0 Å². The third-order valence-electron chi connectivity index (χ3n) is 16.6. The normalized spacial score (nSPS) is 15.5. The molecule has 24 heteroatoms. The number of hydrogen-bond acceptors (Lipinski definition) is 13. The molecule has 0 bridgehead atoms. The van der Waals surface area contributed by atoms with Crippen LogP contribution in [0.4, 0.5) is 0 Å². The number of unbranched alkanes of at least 4 members (excludes halogenated alkanes) is 1. The third-order valence-corrected chi connectivity index (χ3v) is 16.6. The number of carbonyl (C=O) groups is 11. The molecule has 0 aliphatic rings. The summed E-state index contributed by atoms with van der Waals surface area (Å²) in [6.45, 7) is 33.5. The van der Waals surface area contributed by atoms with E-state index in [9.17, 15) is 53.1 Å². The maximum absolute atomic E-state index is 15.1. The zero-order valence-electron chi connectivity index (χ0n) is 58.9. The van der Waals surface area contributed by atoms with Gasteiger partial charge in [0.1, 0.15) is 54.4 Å². The van der Waals surface area contributed by atoms with Gasteiger partial charge in [0, 0.05) is 62.2 Å².